The lowest BCUT2D eigenvalue weighted by molar-refractivity contribution is 0.0981. The number of aryl methyl sites for hydroxylation is 1. The first-order valence-corrected chi connectivity index (χ1v) is 10.8. The van der Waals surface area contributed by atoms with Crippen molar-refractivity contribution in [2.75, 3.05) is 11.4 Å². The van der Waals surface area contributed by atoms with E-state index in [9.17, 15) is 9.18 Å². The second kappa shape index (κ2) is 8.82. The van der Waals surface area contributed by atoms with Crippen LogP contribution in [0.1, 0.15) is 54.4 Å². The molecule has 0 unspecified atom stereocenters. The van der Waals surface area contributed by atoms with Gasteiger partial charge in [-0.2, -0.15) is 0 Å². The molecule has 0 aliphatic carbocycles. The SMILES string of the molecule is CCCN(C(=O)c1nc(-c2cccc(F)c2)n2c1CCCCC2)c1ccccc1C. The van der Waals surface area contributed by atoms with Gasteiger partial charge in [0.25, 0.3) is 5.91 Å². The zero-order chi connectivity index (χ0) is 21.1. The number of benzene rings is 2. The lowest BCUT2D eigenvalue weighted by atomic mass is 10.1. The topological polar surface area (TPSA) is 38.1 Å². The maximum Gasteiger partial charge on any atom is 0.278 e. The first-order chi connectivity index (χ1) is 14.6. The monoisotopic (exact) mass is 405 g/mol. The van der Waals surface area contributed by atoms with Gasteiger partial charge in [-0.1, -0.05) is 43.7 Å². The number of halogens is 1. The maximum absolute atomic E-state index is 13.9. The minimum Gasteiger partial charge on any atom is -0.327 e. The summed E-state index contributed by atoms with van der Waals surface area (Å²) >= 11 is 0. The van der Waals surface area contributed by atoms with E-state index in [1.165, 1.54) is 12.1 Å². The van der Waals surface area contributed by atoms with Crippen molar-refractivity contribution in [2.45, 2.75) is 52.5 Å². The van der Waals surface area contributed by atoms with Crippen molar-refractivity contribution < 1.29 is 9.18 Å². The first-order valence-electron chi connectivity index (χ1n) is 10.8. The Morgan fingerprint density at radius 1 is 1.13 bits per heavy atom. The van der Waals surface area contributed by atoms with Gasteiger partial charge in [-0.25, -0.2) is 9.37 Å². The normalized spacial score (nSPS) is 13.6. The molecule has 2 aromatic carbocycles. The van der Waals surface area contributed by atoms with E-state index in [4.69, 9.17) is 4.98 Å². The van der Waals surface area contributed by atoms with E-state index in [2.05, 4.69) is 11.5 Å². The Morgan fingerprint density at radius 3 is 2.73 bits per heavy atom. The summed E-state index contributed by atoms with van der Waals surface area (Å²) in [6.45, 7) is 5.53. The molecule has 5 heteroatoms. The number of nitrogens with zero attached hydrogens (tertiary/aromatic N) is 3. The molecule has 4 nitrogen and oxygen atoms in total. The number of hydrogen-bond acceptors (Lipinski definition) is 2. The molecule has 0 radical (unpaired) electrons. The molecule has 156 valence electrons. The minimum atomic E-state index is -0.293. The molecule has 1 aliphatic heterocycles. The molecule has 0 atom stereocenters. The first kappa shape index (κ1) is 20.3. The van der Waals surface area contributed by atoms with Gasteiger partial charge in [0.15, 0.2) is 5.69 Å². The van der Waals surface area contributed by atoms with Gasteiger partial charge in [0.2, 0.25) is 0 Å². The van der Waals surface area contributed by atoms with E-state index in [1.54, 1.807) is 6.07 Å². The fraction of sp³-hybridized carbons (Fsp3) is 0.360. The van der Waals surface area contributed by atoms with Gasteiger partial charge in [0.1, 0.15) is 11.6 Å². The Labute approximate surface area is 177 Å². The van der Waals surface area contributed by atoms with Crippen molar-refractivity contribution in [2.24, 2.45) is 0 Å². The van der Waals surface area contributed by atoms with Gasteiger partial charge in [-0.05, 0) is 56.4 Å². The number of anilines is 1. The Balaban J connectivity index is 1.83. The predicted molar refractivity (Wildman–Crippen MR) is 118 cm³/mol. The summed E-state index contributed by atoms with van der Waals surface area (Å²) in [4.78, 5) is 20.4. The number of amides is 1. The Kier molecular flexibility index (Phi) is 5.98. The quantitative estimate of drug-likeness (QED) is 0.540. The van der Waals surface area contributed by atoms with Gasteiger partial charge in [0.05, 0.1) is 5.69 Å². The van der Waals surface area contributed by atoms with Crippen molar-refractivity contribution >= 4 is 11.6 Å². The van der Waals surface area contributed by atoms with Crippen LogP contribution < -0.4 is 4.90 Å². The zero-order valence-electron chi connectivity index (χ0n) is 17.7. The van der Waals surface area contributed by atoms with E-state index < -0.39 is 0 Å². The van der Waals surface area contributed by atoms with Crippen LogP contribution in [0, 0.1) is 12.7 Å². The van der Waals surface area contributed by atoms with E-state index in [-0.39, 0.29) is 11.7 Å². The molecule has 4 rings (SSSR count). The molecule has 1 amide bonds. The second-order valence-electron chi connectivity index (χ2n) is 7.95. The van der Waals surface area contributed by atoms with E-state index in [1.807, 2.05) is 42.2 Å². The number of carbonyl (C=O) groups is 1. The number of fused-ring (bicyclic) bond motifs is 1. The number of aromatic nitrogens is 2. The fourth-order valence-electron chi connectivity index (χ4n) is 4.29. The third-order valence-electron chi connectivity index (χ3n) is 5.75. The summed E-state index contributed by atoms with van der Waals surface area (Å²) in [5.74, 6) is 0.328. The van der Waals surface area contributed by atoms with Gasteiger partial charge in [-0.3, -0.25) is 4.79 Å². The number of para-hydroxylation sites is 1. The summed E-state index contributed by atoms with van der Waals surface area (Å²) in [6.07, 6.45) is 4.86. The molecule has 0 fully saturated rings. The van der Waals surface area contributed by atoms with Crippen LogP contribution in [0.25, 0.3) is 11.4 Å². The number of rotatable bonds is 5. The molecule has 1 aromatic heterocycles. The van der Waals surface area contributed by atoms with Crippen LogP contribution >= 0.6 is 0 Å². The molecule has 0 N–H and O–H groups in total. The molecule has 3 aromatic rings. The van der Waals surface area contributed by atoms with Crippen LogP contribution in [-0.2, 0) is 13.0 Å². The Hall–Kier alpha value is -2.95. The minimum absolute atomic E-state index is 0.0700. The van der Waals surface area contributed by atoms with Gasteiger partial charge in [0, 0.05) is 24.3 Å². The third kappa shape index (κ3) is 3.89. The molecule has 2 heterocycles. The predicted octanol–water partition coefficient (Wildman–Crippen LogP) is 5.78. The standard InChI is InChI=1S/C25H28FN3O/c1-3-15-29(21-13-7-6-10-18(21)2)25(30)23-22-14-5-4-8-16-28(22)24(27-23)19-11-9-12-20(26)17-19/h6-7,9-13,17H,3-5,8,14-16H2,1-2H3. The van der Waals surface area contributed by atoms with Crippen molar-refractivity contribution in [3.8, 4) is 11.4 Å². The number of imidazole rings is 1. The lowest BCUT2D eigenvalue weighted by Gasteiger charge is -2.24. The van der Waals surface area contributed by atoms with Crippen LogP contribution in [-0.4, -0.2) is 22.0 Å². The summed E-state index contributed by atoms with van der Waals surface area (Å²) in [7, 11) is 0. The fourth-order valence-corrected chi connectivity index (χ4v) is 4.29. The van der Waals surface area contributed by atoms with E-state index in [0.29, 0.717) is 18.1 Å². The Bertz CT molecular complexity index is 1060. The number of hydrogen-bond donors (Lipinski definition) is 0. The summed E-state index contributed by atoms with van der Waals surface area (Å²) < 4.78 is 16.0. The van der Waals surface area contributed by atoms with Crippen LogP contribution in [0.15, 0.2) is 48.5 Å². The molecule has 0 spiro atoms. The molecular weight excluding hydrogens is 377 g/mol. The molecule has 0 saturated carbocycles. The van der Waals surface area contributed by atoms with Crippen LogP contribution in [0.4, 0.5) is 10.1 Å². The van der Waals surface area contributed by atoms with Crippen molar-refractivity contribution in [1.29, 1.82) is 0 Å². The molecule has 30 heavy (non-hydrogen) atoms. The summed E-state index contributed by atoms with van der Waals surface area (Å²) in [5.41, 5.74) is 4.19. The van der Waals surface area contributed by atoms with Crippen molar-refractivity contribution in [1.82, 2.24) is 9.55 Å². The molecular formula is C25H28FN3O. The lowest BCUT2D eigenvalue weighted by Crippen LogP contribution is -2.33. The highest BCUT2D eigenvalue weighted by atomic mass is 19.1. The highest BCUT2D eigenvalue weighted by Gasteiger charge is 2.28. The van der Waals surface area contributed by atoms with Crippen LogP contribution in [0.2, 0.25) is 0 Å². The summed E-state index contributed by atoms with van der Waals surface area (Å²) in [5, 5.41) is 0. The third-order valence-corrected chi connectivity index (χ3v) is 5.75. The van der Waals surface area contributed by atoms with Crippen molar-refractivity contribution in [3.05, 3.63) is 71.3 Å². The summed E-state index contributed by atoms with van der Waals surface area (Å²) in [6, 6.07) is 14.5. The van der Waals surface area contributed by atoms with E-state index >= 15 is 0 Å². The molecule has 1 aliphatic rings. The second-order valence-corrected chi connectivity index (χ2v) is 7.95. The van der Waals surface area contributed by atoms with Gasteiger partial charge < -0.3 is 9.47 Å². The zero-order valence-corrected chi connectivity index (χ0v) is 17.7. The average Bonchev–Trinajstić information content (AvgIpc) is 2.93. The van der Waals surface area contributed by atoms with Gasteiger partial charge >= 0.3 is 0 Å². The van der Waals surface area contributed by atoms with Crippen molar-refractivity contribution in [3.63, 3.8) is 0 Å². The number of carbonyl (C=O) groups excluding carboxylic acids is 1. The Morgan fingerprint density at radius 2 is 1.97 bits per heavy atom. The van der Waals surface area contributed by atoms with Gasteiger partial charge in [-0.15, -0.1) is 0 Å². The maximum atomic E-state index is 13.9. The smallest absolute Gasteiger partial charge is 0.278 e. The van der Waals surface area contributed by atoms with Crippen LogP contribution in [0.5, 0.6) is 0 Å². The highest BCUT2D eigenvalue weighted by molar-refractivity contribution is 6.06. The molecule has 0 bridgehead atoms. The van der Waals surface area contributed by atoms with Crippen LogP contribution in [0.3, 0.4) is 0 Å². The highest BCUT2D eigenvalue weighted by Crippen LogP contribution is 2.30. The van der Waals surface area contributed by atoms with E-state index in [0.717, 1.165) is 61.2 Å². The largest absolute Gasteiger partial charge is 0.327 e. The average molecular weight is 406 g/mol. The molecule has 0 saturated heterocycles.